The third-order valence-corrected chi connectivity index (χ3v) is 4.24. The monoisotopic (exact) mass is 401 g/mol. The number of carbonyl (C=O) groups excluding carboxylic acids is 1. The maximum atomic E-state index is 13.7. The van der Waals surface area contributed by atoms with Gasteiger partial charge in [0.1, 0.15) is 13.0 Å². The first-order valence-corrected chi connectivity index (χ1v) is 8.18. The molecule has 6 nitrogen and oxygen atoms in total. The molecular formula is C17H16F5N5O. The molecule has 2 N–H and O–H groups in total. The highest BCUT2D eigenvalue weighted by Gasteiger charge is 2.44. The van der Waals surface area contributed by atoms with E-state index in [1.807, 2.05) is 0 Å². The number of nitrogens with zero attached hydrogens (tertiary/aromatic N) is 4. The third kappa shape index (κ3) is 4.19. The van der Waals surface area contributed by atoms with E-state index in [-0.39, 0.29) is 36.6 Å². The molecule has 0 atom stereocenters. The smallest absolute Gasteiger partial charge is 0.332 e. The first kappa shape index (κ1) is 19.9. The number of likely N-dealkylation sites (tertiary alicyclic amines) is 1. The summed E-state index contributed by atoms with van der Waals surface area (Å²) in [6.45, 7) is -1.46. The topological polar surface area (TPSA) is 77.0 Å². The molecule has 1 aliphatic heterocycles. The number of benzene rings is 1. The maximum Gasteiger partial charge on any atom is 0.416 e. The minimum absolute atomic E-state index is 0.00569. The van der Waals surface area contributed by atoms with Crippen molar-refractivity contribution >= 4 is 12.1 Å². The quantitative estimate of drug-likeness (QED) is 0.617. The molecule has 0 radical (unpaired) electrons. The van der Waals surface area contributed by atoms with Crippen molar-refractivity contribution in [2.45, 2.75) is 18.5 Å². The number of hydrogen-bond acceptors (Lipinski definition) is 4. The Bertz CT molecular complexity index is 902. The molecule has 1 amide bonds. The summed E-state index contributed by atoms with van der Waals surface area (Å²) in [5.41, 5.74) is 2.53. The molecule has 0 unspecified atom stereocenters. The van der Waals surface area contributed by atoms with Gasteiger partial charge in [0, 0.05) is 24.4 Å². The number of aromatic nitrogens is 3. The molecule has 2 aromatic rings. The van der Waals surface area contributed by atoms with Crippen LogP contribution >= 0.6 is 0 Å². The highest BCUT2D eigenvalue weighted by Crippen LogP contribution is 2.33. The fraction of sp³-hybridized carbons (Fsp3) is 0.353. The van der Waals surface area contributed by atoms with Crippen LogP contribution in [-0.4, -0.2) is 50.9 Å². The number of hydrogen-bond donors (Lipinski definition) is 1. The van der Waals surface area contributed by atoms with Gasteiger partial charge < -0.3 is 10.6 Å². The van der Waals surface area contributed by atoms with E-state index < -0.39 is 30.0 Å². The summed E-state index contributed by atoms with van der Waals surface area (Å²) in [5, 5.41) is 3.96. The van der Waals surface area contributed by atoms with Gasteiger partial charge in [-0.05, 0) is 23.8 Å². The van der Waals surface area contributed by atoms with Gasteiger partial charge in [-0.3, -0.25) is 4.79 Å². The Morgan fingerprint density at radius 3 is 2.61 bits per heavy atom. The second kappa shape index (κ2) is 7.30. The summed E-state index contributed by atoms with van der Waals surface area (Å²) in [6.07, 6.45) is -1.08. The summed E-state index contributed by atoms with van der Waals surface area (Å²) in [7, 11) is 0. The van der Waals surface area contributed by atoms with Crippen molar-refractivity contribution in [2.24, 2.45) is 5.73 Å². The predicted octanol–water partition coefficient (Wildman–Crippen LogP) is 2.41. The molecule has 28 heavy (non-hydrogen) atoms. The number of rotatable bonds is 5. The highest BCUT2D eigenvalue weighted by molar-refractivity contribution is 5.91. The Balaban J connectivity index is 1.75. The summed E-state index contributed by atoms with van der Waals surface area (Å²) >= 11 is 0. The van der Waals surface area contributed by atoms with Crippen molar-refractivity contribution in [2.75, 3.05) is 19.6 Å². The van der Waals surface area contributed by atoms with Crippen molar-refractivity contribution < 1.29 is 26.7 Å². The Kier molecular flexibility index (Phi) is 5.20. The van der Waals surface area contributed by atoms with Crippen molar-refractivity contribution in [1.29, 1.82) is 0 Å². The van der Waals surface area contributed by atoms with Crippen LogP contribution in [0.3, 0.4) is 0 Å². The zero-order chi connectivity index (χ0) is 20.5. The van der Waals surface area contributed by atoms with Crippen molar-refractivity contribution in [1.82, 2.24) is 19.7 Å². The van der Waals surface area contributed by atoms with Gasteiger partial charge in [0.2, 0.25) is 5.91 Å². The minimum Gasteiger partial charge on any atom is -0.332 e. The number of nitrogens with two attached hydrogens (primary N) is 1. The number of alkyl halides is 5. The Hall–Kier alpha value is -2.82. The van der Waals surface area contributed by atoms with E-state index in [0.29, 0.717) is 0 Å². The number of carbonyl (C=O) groups is 1. The zero-order valence-corrected chi connectivity index (χ0v) is 14.5. The minimum atomic E-state index is -4.64. The van der Waals surface area contributed by atoms with Gasteiger partial charge in [-0.1, -0.05) is 0 Å². The van der Waals surface area contributed by atoms with E-state index in [9.17, 15) is 26.7 Å². The van der Waals surface area contributed by atoms with Crippen LogP contribution < -0.4 is 5.73 Å². The molecule has 1 fully saturated rings. The molecule has 1 saturated heterocycles. The second-order valence-corrected chi connectivity index (χ2v) is 6.46. The second-order valence-electron chi connectivity index (χ2n) is 6.46. The van der Waals surface area contributed by atoms with Crippen LogP contribution in [-0.2, 0) is 17.6 Å². The van der Waals surface area contributed by atoms with Crippen molar-refractivity contribution in [3.8, 4) is 11.4 Å². The molecule has 0 bridgehead atoms. The van der Waals surface area contributed by atoms with Gasteiger partial charge >= 0.3 is 6.18 Å². The summed E-state index contributed by atoms with van der Waals surface area (Å²) < 4.78 is 66.6. The van der Waals surface area contributed by atoms with E-state index in [0.717, 1.165) is 22.9 Å². The van der Waals surface area contributed by atoms with Crippen molar-refractivity contribution in [3.05, 3.63) is 41.7 Å². The molecule has 2 heterocycles. The lowest BCUT2D eigenvalue weighted by molar-refractivity contribution is -0.139. The third-order valence-electron chi connectivity index (χ3n) is 4.24. The van der Waals surface area contributed by atoms with Gasteiger partial charge in [-0.15, -0.1) is 5.10 Å². The van der Waals surface area contributed by atoms with Crippen LogP contribution in [0.25, 0.3) is 17.6 Å². The first-order chi connectivity index (χ1) is 13.1. The summed E-state index contributed by atoms with van der Waals surface area (Å²) in [5.74, 6) is -0.523. The van der Waals surface area contributed by atoms with E-state index in [1.165, 1.54) is 23.5 Å². The SMILES string of the molecule is NCC1(F)CN(C(=O)/C=C\n2cnc(-c3cc(CF)cc(C(F)(F)F)c3)n2)C1. The lowest BCUT2D eigenvalue weighted by Crippen LogP contribution is -2.63. The van der Waals surface area contributed by atoms with E-state index in [1.54, 1.807) is 0 Å². The average Bonchev–Trinajstić information content (AvgIpc) is 3.11. The molecule has 3 rings (SSSR count). The Morgan fingerprint density at radius 2 is 2.00 bits per heavy atom. The van der Waals surface area contributed by atoms with Gasteiger partial charge in [-0.2, -0.15) is 13.2 Å². The van der Waals surface area contributed by atoms with Crippen molar-refractivity contribution in [3.63, 3.8) is 0 Å². The molecule has 1 aromatic heterocycles. The molecule has 11 heteroatoms. The van der Waals surface area contributed by atoms with Crippen LogP contribution in [0.2, 0.25) is 0 Å². The lowest BCUT2D eigenvalue weighted by atomic mass is 9.96. The Labute approximate surface area is 156 Å². The highest BCUT2D eigenvalue weighted by atomic mass is 19.4. The van der Waals surface area contributed by atoms with Gasteiger partial charge in [-0.25, -0.2) is 18.4 Å². The average molecular weight is 401 g/mol. The summed E-state index contributed by atoms with van der Waals surface area (Å²) in [4.78, 5) is 17.1. The van der Waals surface area contributed by atoms with Crippen LogP contribution in [0.15, 0.2) is 30.6 Å². The molecular weight excluding hydrogens is 385 g/mol. The summed E-state index contributed by atoms with van der Waals surface area (Å²) in [6, 6.07) is 2.76. The van der Waals surface area contributed by atoms with E-state index >= 15 is 0 Å². The van der Waals surface area contributed by atoms with Crippen LogP contribution in [0.1, 0.15) is 11.1 Å². The van der Waals surface area contributed by atoms with Gasteiger partial charge in [0.15, 0.2) is 11.5 Å². The maximum absolute atomic E-state index is 13.7. The standard InChI is InChI=1S/C17H16F5N5O/c18-6-11-3-12(5-13(4-11)17(20,21)22)15-24-10-27(25-15)2-1-14(28)26-8-16(19,7-23)9-26/h1-5,10H,6-9,23H2/b2-1-. The number of halogens is 5. The normalized spacial score (nSPS) is 16.4. The molecule has 0 spiro atoms. The van der Waals surface area contributed by atoms with Crippen LogP contribution in [0, 0.1) is 0 Å². The van der Waals surface area contributed by atoms with Gasteiger partial charge in [0.05, 0.1) is 18.7 Å². The first-order valence-electron chi connectivity index (χ1n) is 8.18. The fourth-order valence-electron chi connectivity index (χ4n) is 2.71. The Morgan fingerprint density at radius 1 is 1.29 bits per heavy atom. The zero-order valence-electron chi connectivity index (χ0n) is 14.5. The lowest BCUT2D eigenvalue weighted by Gasteiger charge is -2.43. The molecule has 1 aliphatic rings. The molecule has 150 valence electrons. The molecule has 0 saturated carbocycles. The van der Waals surface area contributed by atoms with Crippen LogP contribution in [0.5, 0.6) is 0 Å². The predicted molar refractivity (Wildman–Crippen MR) is 90.1 cm³/mol. The molecule has 1 aromatic carbocycles. The fourth-order valence-corrected chi connectivity index (χ4v) is 2.71. The molecule has 0 aliphatic carbocycles. The largest absolute Gasteiger partial charge is 0.416 e. The number of amides is 1. The van der Waals surface area contributed by atoms with Crippen LogP contribution in [0.4, 0.5) is 22.0 Å². The van der Waals surface area contributed by atoms with E-state index in [2.05, 4.69) is 10.1 Å². The van der Waals surface area contributed by atoms with Gasteiger partial charge in [0.25, 0.3) is 0 Å². The van der Waals surface area contributed by atoms with E-state index in [4.69, 9.17) is 5.73 Å².